The molecule has 0 bridgehead atoms. The monoisotopic (exact) mass is 267 g/mol. The Labute approximate surface area is 113 Å². The van der Waals surface area contributed by atoms with Gasteiger partial charge in [0.25, 0.3) is 0 Å². The first-order chi connectivity index (χ1) is 8.63. The molecule has 1 N–H and O–H groups in total. The molecule has 1 rings (SSSR count). The molecular weight excluding hydrogens is 246 g/mol. The summed E-state index contributed by atoms with van der Waals surface area (Å²) in [4.78, 5) is 14.1. The van der Waals surface area contributed by atoms with Gasteiger partial charge in [-0.25, -0.2) is 0 Å². The first kappa shape index (κ1) is 15.1. The highest BCUT2D eigenvalue weighted by molar-refractivity contribution is 7.99. The quantitative estimate of drug-likeness (QED) is 0.735. The minimum Gasteiger partial charge on any atom is -0.480 e. The Morgan fingerprint density at radius 2 is 2.06 bits per heavy atom. The summed E-state index contributed by atoms with van der Waals surface area (Å²) < 4.78 is 0. The molecule has 18 heavy (non-hydrogen) atoms. The Morgan fingerprint density at radius 1 is 1.39 bits per heavy atom. The zero-order valence-electron chi connectivity index (χ0n) is 11.0. The predicted octanol–water partition coefficient (Wildman–Crippen LogP) is 2.96. The van der Waals surface area contributed by atoms with E-state index in [4.69, 9.17) is 5.11 Å². The maximum atomic E-state index is 10.8. The summed E-state index contributed by atoms with van der Waals surface area (Å²) in [6, 6.07) is 10.5. The molecule has 0 heterocycles. The van der Waals surface area contributed by atoms with Crippen molar-refractivity contribution in [2.24, 2.45) is 0 Å². The SMILES string of the molecule is CCC(C)N(CCSc1ccccc1)CC(=O)O. The van der Waals surface area contributed by atoms with E-state index in [2.05, 4.69) is 26.0 Å². The van der Waals surface area contributed by atoms with Crippen molar-refractivity contribution in [2.75, 3.05) is 18.8 Å². The molecule has 0 aromatic heterocycles. The number of hydrogen-bond acceptors (Lipinski definition) is 3. The highest BCUT2D eigenvalue weighted by Crippen LogP contribution is 2.17. The maximum absolute atomic E-state index is 10.8. The predicted molar refractivity (Wildman–Crippen MR) is 76.1 cm³/mol. The lowest BCUT2D eigenvalue weighted by Gasteiger charge is -2.26. The van der Waals surface area contributed by atoms with Gasteiger partial charge in [-0.15, -0.1) is 11.8 Å². The van der Waals surface area contributed by atoms with E-state index >= 15 is 0 Å². The second-order valence-corrected chi connectivity index (χ2v) is 5.45. The van der Waals surface area contributed by atoms with E-state index in [0.29, 0.717) is 6.04 Å². The summed E-state index contributed by atoms with van der Waals surface area (Å²) >= 11 is 1.77. The van der Waals surface area contributed by atoms with Crippen LogP contribution >= 0.6 is 11.8 Å². The molecule has 4 heteroatoms. The Bertz CT molecular complexity index is 356. The largest absolute Gasteiger partial charge is 0.480 e. The summed E-state index contributed by atoms with van der Waals surface area (Å²) in [6.07, 6.45) is 0.975. The van der Waals surface area contributed by atoms with Crippen LogP contribution in [0, 0.1) is 0 Å². The molecule has 0 aliphatic heterocycles. The fourth-order valence-corrected chi connectivity index (χ4v) is 2.60. The fourth-order valence-electron chi connectivity index (χ4n) is 1.68. The first-order valence-corrected chi connectivity index (χ1v) is 7.25. The van der Waals surface area contributed by atoms with Crippen molar-refractivity contribution < 1.29 is 9.90 Å². The molecular formula is C14H21NO2S. The van der Waals surface area contributed by atoms with Crippen LogP contribution < -0.4 is 0 Å². The molecule has 0 aliphatic carbocycles. The third kappa shape index (κ3) is 5.56. The average Bonchev–Trinajstić information content (AvgIpc) is 2.37. The van der Waals surface area contributed by atoms with Crippen molar-refractivity contribution in [2.45, 2.75) is 31.2 Å². The normalized spacial score (nSPS) is 12.6. The van der Waals surface area contributed by atoms with Gasteiger partial charge < -0.3 is 5.11 Å². The van der Waals surface area contributed by atoms with Gasteiger partial charge in [-0.3, -0.25) is 9.69 Å². The van der Waals surface area contributed by atoms with Crippen molar-refractivity contribution in [3.05, 3.63) is 30.3 Å². The number of carbonyl (C=O) groups is 1. The van der Waals surface area contributed by atoms with E-state index in [1.165, 1.54) is 4.90 Å². The zero-order valence-corrected chi connectivity index (χ0v) is 11.8. The summed E-state index contributed by atoms with van der Waals surface area (Å²) in [5.41, 5.74) is 0. The third-order valence-electron chi connectivity index (χ3n) is 2.94. The molecule has 0 spiro atoms. The third-order valence-corrected chi connectivity index (χ3v) is 3.94. The molecule has 0 saturated heterocycles. The first-order valence-electron chi connectivity index (χ1n) is 6.27. The summed E-state index contributed by atoms with van der Waals surface area (Å²) in [5, 5.41) is 8.90. The van der Waals surface area contributed by atoms with Crippen molar-refractivity contribution in [3.8, 4) is 0 Å². The summed E-state index contributed by atoms with van der Waals surface area (Å²) in [6.45, 7) is 5.10. The molecule has 0 radical (unpaired) electrons. The fraction of sp³-hybridized carbons (Fsp3) is 0.500. The Kier molecular flexibility index (Phi) is 6.83. The lowest BCUT2D eigenvalue weighted by molar-refractivity contribution is -0.138. The smallest absolute Gasteiger partial charge is 0.317 e. The van der Waals surface area contributed by atoms with E-state index < -0.39 is 5.97 Å². The van der Waals surface area contributed by atoms with E-state index in [0.717, 1.165) is 18.7 Å². The number of aliphatic carboxylic acids is 1. The molecule has 1 unspecified atom stereocenters. The molecule has 0 saturated carbocycles. The Morgan fingerprint density at radius 3 is 2.61 bits per heavy atom. The van der Waals surface area contributed by atoms with Gasteiger partial charge >= 0.3 is 5.97 Å². The molecule has 1 aromatic rings. The second kappa shape index (κ2) is 8.16. The van der Waals surface area contributed by atoms with Gasteiger partial charge in [-0.05, 0) is 25.5 Å². The number of carboxylic acid groups (broad SMARTS) is 1. The molecule has 0 amide bonds. The van der Waals surface area contributed by atoms with Gasteiger partial charge in [-0.2, -0.15) is 0 Å². The summed E-state index contributed by atoms with van der Waals surface area (Å²) in [7, 11) is 0. The Balaban J connectivity index is 2.39. The van der Waals surface area contributed by atoms with Crippen LogP contribution in [0.2, 0.25) is 0 Å². The molecule has 0 aliphatic rings. The highest BCUT2D eigenvalue weighted by atomic mass is 32.2. The number of carboxylic acids is 1. The Hall–Kier alpha value is -1.00. The van der Waals surface area contributed by atoms with Crippen LogP contribution in [0.5, 0.6) is 0 Å². The van der Waals surface area contributed by atoms with Crippen LogP contribution in [0.15, 0.2) is 35.2 Å². The number of benzene rings is 1. The van der Waals surface area contributed by atoms with Gasteiger partial charge in [0.15, 0.2) is 0 Å². The van der Waals surface area contributed by atoms with Crippen molar-refractivity contribution >= 4 is 17.7 Å². The van der Waals surface area contributed by atoms with Crippen molar-refractivity contribution in [1.29, 1.82) is 0 Å². The van der Waals surface area contributed by atoms with Crippen LogP contribution in [0.4, 0.5) is 0 Å². The summed E-state index contributed by atoms with van der Waals surface area (Å²) in [5.74, 6) is 0.168. The maximum Gasteiger partial charge on any atom is 0.317 e. The van der Waals surface area contributed by atoms with Gasteiger partial charge in [0, 0.05) is 23.2 Å². The van der Waals surface area contributed by atoms with Crippen LogP contribution in [-0.2, 0) is 4.79 Å². The van der Waals surface area contributed by atoms with Gasteiger partial charge in [0.1, 0.15) is 0 Å². The molecule has 1 aromatic carbocycles. The van der Waals surface area contributed by atoms with Crippen LogP contribution in [-0.4, -0.2) is 40.9 Å². The number of thioether (sulfide) groups is 1. The molecule has 0 fully saturated rings. The lowest BCUT2D eigenvalue weighted by Crippen LogP contribution is -2.38. The van der Waals surface area contributed by atoms with Gasteiger partial charge in [0.05, 0.1) is 6.54 Å². The van der Waals surface area contributed by atoms with Gasteiger partial charge in [0.2, 0.25) is 0 Å². The van der Waals surface area contributed by atoms with E-state index in [1.807, 2.05) is 23.1 Å². The molecule has 1 atom stereocenters. The lowest BCUT2D eigenvalue weighted by atomic mass is 10.2. The molecule has 100 valence electrons. The van der Waals surface area contributed by atoms with E-state index in [9.17, 15) is 4.79 Å². The van der Waals surface area contributed by atoms with Crippen LogP contribution in [0.3, 0.4) is 0 Å². The standard InChI is InChI=1S/C14H21NO2S/c1-3-12(2)15(11-14(16)17)9-10-18-13-7-5-4-6-8-13/h4-8,12H,3,9-11H2,1-2H3,(H,16,17). The second-order valence-electron chi connectivity index (χ2n) is 4.28. The van der Waals surface area contributed by atoms with E-state index in [-0.39, 0.29) is 6.54 Å². The average molecular weight is 267 g/mol. The van der Waals surface area contributed by atoms with Crippen molar-refractivity contribution in [3.63, 3.8) is 0 Å². The number of rotatable bonds is 8. The topological polar surface area (TPSA) is 40.5 Å². The number of nitrogens with zero attached hydrogens (tertiary/aromatic N) is 1. The minimum absolute atomic E-state index is 0.129. The van der Waals surface area contributed by atoms with Crippen LogP contribution in [0.1, 0.15) is 20.3 Å². The zero-order chi connectivity index (χ0) is 13.4. The highest BCUT2D eigenvalue weighted by Gasteiger charge is 2.14. The van der Waals surface area contributed by atoms with Crippen LogP contribution in [0.25, 0.3) is 0 Å². The van der Waals surface area contributed by atoms with E-state index in [1.54, 1.807) is 11.8 Å². The van der Waals surface area contributed by atoms with Gasteiger partial charge in [-0.1, -0.05) is 25.1 Å². The van der Waals surface area contributed by atoms with Crippen molar-refractivity contribution in [1.82, 2.24) is 4.90 Å². The molecule has 3 nitrogen and oxygen atoms in total. The number of hydrogen-bond donors (Lipinski definition) is 1. The minimum atomic E-state index is -0.750.